The highest BCUT2D eigenvalue weighted by Gasteiger charge is 2.35. The first-order valence-corrected chi connectivity index (χ1v) is 10.9. The molecule has 0 radical (unpaired) electrons. The summed E-state index contributed by atoms with van der Waals surface area (Å²) in [6.07, 6.45) is 3.07. The fraction of sp³-hybridized carbons (Fsp3) is 0.391. The summed E-state index contributed by atoms with van der Waals surface area (Å²) in [5.41, 5.74) is 3.01. The van der Waals surface area contributed by atoms with Gasteiger partial charge in [-0.1, -0.05) is 33.6 Å². The van der Waals surface area contributed by atoms with Crippen LogP contribution in [0.5, 0.6) is 0 Å². The van der Waals surface area contributed by atoms with E-state index < -0.39 is 0 Å². The number of piperidine rings is 1. The van der Waals surface area contributed by atoms with E-state index in [0.717, 1.165) is 36.8 Å². The van der Waals surface area contributed by atoms with E-state index in [0.29, 0.717) is 35.4 Å². The average molecular weight is 459 g/mol. The maximum absolute atomic E-state index is 14.7. The molecule has 1 saturated heterocycles. The molecule has 0 aliphatic carbocycles. The van der Waals surface area contributed by atoms with Gasteiger partial charge in [-0.05, 0) is 62.4 Å². The Morgan fingerprint density at radius 2 is 1.86 bits per heavy atom. The first kappa shape index (κ1) is 20.1. The molecule has 152 valence electrons. The van der Waals surface area contributed by atoms with Gasteiger partial charge in [-0.3, -0.25) is 9.59 Å². The lowest BCUT2D eigenvalue weighted by Crippen LogP contribution is -2.48. The van der Waals surface area contributed by atoms with Crippen LogP contribution in [-0.4, -0.2) is 36.3 Å². The predicted molar refractivity (Wildman–Crippen MR) is 115 cm³/mol. The van der Waals surface area contributed by atoms with E-state index in [4.69, 9.17) is 0 Å². The van der Waals surface area contributed by atoms with E-state index in [1.165, 1.54) is 6.07 Å². The van der Waals surface area contributed by atoms with Crippen molar-refractivity contribution >= 4 is 33.4 Å². The molecular weight excluding hydrogens is 435 g/mol. The smallest absolute Gasteiger partial charge is 0.253 e. The molecule has 2 aromatic carbocycles. The lowest BCUT2D eigenvalue weighted by atomic mass is 9.93. The van der Waals surface area contributed by atoms with Gasteiger partial charge in [-0.25, -0.2) is 4.39 Å². The molecule has 4 nitrogen and oxygen atoms in total. The molecule has 6 heteroatoms. The molecule has 1 unspecified atom stereocenters. The van der Waals surface area contributed by atoms with E-state index in [-0.39, 0.29) is 23.5 Å². The van der Waals surface area contributed by atoms with Gasteiger partial charge >= 0.3 is 0 Å². The van der Waals surface area contributed by atoms with Crippen molar-refractivity contribution in [1.29, 1.82) is 0 Å². The predicted octanol–water partition coefficient (Wildman–Crippen LogP) is 4.73. The van der Waals surface area contributed by atoms with E-state index in [1.807, 2.05) is 37.3 Å². The number of fused-ring (bicyclic) bond motifs is 1. The Balaban J connectivity index is 1.53. The summed E-state index contributed by atoms with van der Waals surface area (Å²) in [4.78, 5) is 29.6. The summed E-state index contributed by atoms with van der Waals surface area (Å²) in [6.45, 7) is 3.54. The SMILES string of the molecule is Cc1ccc(C(=O)N2CCCC(C(=O)N3CCCc4cc(Br)cc(F)c43)C2)cc1. The van der Waals surface area contributed by atoms with Gasteiger partial charge in [0.05, 0.1) is 11.6 Å². The number of anilines is 1. The molecule has 1 fully saturated rings. The zero-order valence-corrected chi connectivity index (χ0v) is 18.0. The molecule has 2 aliphatic rings. The van der Waals surface area contributed by atoms with Crippen molar-refractivity contribution in [3.8, 4) is 0 Å². The monoisotopic (exact) mass is 458 g/mol. The second kappa shape index (κ2) is 8.27. The molecule has 0 N–H and O–H groups in total. The second-order valence-electron chi connectivity index (χ2n) is 7.95. The fourth-order valence-corrected chi connectivity index (χ4v) is 4.81. The highest BCUT2D eigenvalue weighted by Crippen LogP contribution is 2.34. The van der Waals surface area contributed by atoms with Gasteiger partial charge in [-0.2, -0.15) is 0 Å². The summed E-state index contributed by atoms with van der Waals surface area (Å²) >= 11 is 3.34. The quantitative estimate of drug-likeness (QED) is 0.652. The number of likely N-dealkylation sites (tertiary alicyclic amines) is 1. The normalized spacial score (nSPS) is 19.1. The van der Waals surface area contributed by atoms with Crippen LogP contribution in [0.4, 0.5) is 10.1 Å². The molecule has 1 atom stereocenters. The van der Waals surface area contributed by atoms with Gasteiger partial charge < -0.3 is 9.80 Å². The third kappa shape index (κ3) is 4.08. The standard InChI is InChI=1S/C23H24BrFN2O2/c1-15-6-8-16(9-7-15)22(28)26-10-2-5-18(14-26)23(29)27-11-3-4-17-12-19(24)13-20(25)21(17)27/h6-9,12-13,18H,2-5,10-11,14H2,1H3. The van der Waals surface area contributed by atoms with Crippen LogP contribution < -0.4 is 4.90 Å². The highest BCUT2D eigenvalue weighted by atomic mass is 79.9. The van der Waals surface area contributed by atoms with Crippen LogP contribution in [-0.2, 0) is 11.2 Å². The number of amides is 2. The van der Waals surface area contributed by atoms with Crippen molar-refractivity contribution in [3.05, 3.63) is 63.4 Å². The molecule has 0 bridgehead atoms. The summed E-state index contributed by atoms with van der Waals surface area (Å²) in [5, 5.41) is 0. The zero-order chi connectivity index (χ0) is 20.5. The van der Waals surface area contributed by atoms with Gasteiger partial charge in [0.15, 0.2) is 0 Å². The third-order valence-corrected chi connectivity index (χ3v) is 6.29. The van der Waals surface area contributed by atoms with Crippen LogP contribution in [0.15, 0.2) is 40.9 Å². The molecule has 2 amide bonds. The number of hydrogen-bond donors (Lipinski definition) is 0. The van der Waals surface area contributed by atoms with Gasteiger partial charge in [0, 0.05) is 29.7 Å². The lowest BCUT2D eigenvalue weighted by Gasteiger charge is -2.37. The number of benzene rings is 2. The maximum atomic E-state index is 14.7. The van der Waals surface area contributed by atoms with Gasteiger partial charge in [-0.15, -0.1) is 0 Å². The minimum Gasteiger partial charge on any atom is -0.338 e. The third-order valence-electron chi connectivity index (χ3n) is 5.83. The first-order valence-electron chi connectivity index (χ1n) is 10.1. The van der Waals surface area contributed by atoms with Gasteiger partial charge in [0.2, 0.25) is 5.91 Å². The first-order chi connectivity index (χ1) is 13.9. The highest BCUT2D eigenvalue weighted by molar-refractivity contribution is 9.10. The summed E-state index contributed by atoms with van der Waals surface area (Å²) in [7, 11) is 0. The van der Waals surface area contributed by atoms with Crippen LogP contribution in [0, 0.1) is 18.7 Å². The Bertz CT molecular complexity index is 945. The minimum absolute atomic E-state index is 0.0448. The van der Waals surface area contributed by atoms with Gasteiger partial charge in [0.25, 0.3) is 5.91 Å². The Kier molecular flexibility index (Phi) is 5.72. The molecule has 2 heterocycles. The van der Waals surface area contributed by atoms with Crippen LogP contribution >= 0.6 is 15.9 Å². The number of rotatable bonds is 2. The number of nitrogens with zero attached hydrogens (tertiary/aromatic N) is 2. The molecule has 29 heavy (non-hydrogen) atoms. The number of aryl methyl sites for hydroxylation is 2. The molecule has 0 spiro atoms. The van der Waals surface area contributed by atoms with Crippen LogP contribution in [0.25, 0.3) is 0 Å². The summed E-state index contributed by atoms with van der Waals surface area (Å²) in [6, 6.07) is 10.8. The van der Waals surface area contributed by atoms with Crippen molar-refractivity contribution in [3.63, 3.8) is 0 Å². The number of halogens is 2. The maximum Gasteiger partial charge on any atom is 0.253 e. The van der Waals surface area contributed by atoms with Crippen molar-refractivity contribution in [2.45, 2.75) is 32.6 Å². The average Bonchev–Trinajstić information content (AvgIpc) is 2.72. The van der Waals surface area contributed by atoms with Crippen molar-refractivity contribution < 1.29 is 14.0 Å². The van der Waals surface area contributed by atoms with Crippen molar-refractivity contribution in [2.75, 3.05) is 24.5 Å². The Hall–Kier alpha value is -2.21. The van der Waals surface area contributed by atoms with Crippen molar-refractivity contribution in [1.82, 2.24) is 4.90 Å². The number of carbonyl (C=O) groups is 2. The summed E-state index contributed by atoms with van der Waals surface area (Å²) < 4.78 is 15.4. The zero-order valence-electron chi connectivity index (χ0n) is 16.5. The van der Waals surface area contributed by atoms with Crippen LogP contribution in [0.2, 0.25) is 0 Å². The van der Waals surface area contributed by atoms with E-state index in [2.05, 4.69) is 15.9 Å². The molecule has 4 rings (SSSR count). The molecule has 2 aromatic rings. The molecule has 0 saturated carbocycles. The molecule has 2 aliphatic heterocycles. The Labute approximate surface area is 178 Å². The van der Waals surface area contributed by atoms with Crippen molar-refractivity contribution in [2.24, 2.45) is 5.92 Å². The number of hydrogen-bond acceptors (Lipinski definition) is 2. The fourth-order valence-electron chi connectivity index (χ4n) is 4.33. The lowest BCUT2D eigenvalue weighted by molar-refractivity contribution is -0.123. The number of carbonyl (C=O) groups excluding carboxylic acids is 2. The Morgan fingerprint density at radius 1 is 1.10 bits per heavy atom. The largest absolute Gasteiger partial charge is 0.338 e. The van der Waals surface area contributed by atoms with E-state index in [1.54, 1.807) is 9.80 Å². The summed E-state index contributed by atoms with van der Waals surface area (Å²) in [5.74, 6) is -0.789. The van der Waals surface area contributed by atoms with E-state index >= 15 is 0 Å². The molecular formula is C23H24BrFN2O2. The van der Waals surface area contributed by atoms with Crippen LogP contribution in [0.1, 0.15) is 40.7 Å². The topological polar surface area (TPSA) is 40.6 Å². The Morgan fingerprint density at radius 3 is 2.62 bits per heavy atom. The molecule has 0 aromatic heterocycles. The minimum atomic E-state index is -0.370. The van der Waals surface area contributed by atoms with E-state index in [9.17, 15) is 14.0 Å². The van der Waals surface area contributed by atoms with Crippen LogP contribution in [0.3, 0.4) is 0 Å². The van der Waals surface area contributed by atoms with Gasteiger partial charge in [0.1, 0.15) is 5.82 Å². The second-order valence-corrected chi connectivity index (χ2v) is 8.86.